The van der Waals surface area contributed by atoms with Crippen molar-refractivity contribution in [3.05, 3.63) is 57.0 Å². The first kappa shape index (κ1) is 17.3. The van der Waals surface area contributed by atoms with Crippen LogP contribution in [0, 0.1) is 0 Å². The summed E-state index contributed by atoms with van der Waals surface area (Å²) in [6.45, 7) is 0. The average Bonchev–Trinajstić information content (AvgIpc) is 2.47. The Hall–Kier alpha value is -1.80. The monoisotopic (exact) mass is 415 g/mol. The van der Waals surface area contributed by atoms with Gasteiger partial charge in [-0.25, -0.2) is 14.8 Å². The number of rotatable bonds is 2. The first-order valence-electron chi connectivity index (χ1n) is 5.64. The van der Waals surface area contributed by atoms with E-state index in [0.29, 0.717) is 14.9 Å². The molecule has 8 heteroatoms. The fourth-order valence-corrected chi connectivity index (χ4v) is 1.88. The lowest BCUT2D eigenvalue weighted by Gasteiger charge is -1.97. The van der Waals surface area contributed by atoms with Gasteiger partial charge in [-0.3, -0.25) is 4.79 Å². The summed E-state index contributed by atoms with van der Waals surface area (Å²) < 4.78 is 1.20. The minimum absolute atomic E-state index is 0.0503. The molecular formula is C13H11Br2N3O3. The number of halogens is 2. The second-order valence-electron chi connectivity index (χ2n) is 3.58. The lowest BCUT2D eigenvalue weighted by atomic mass is 10.3. The molecule has 0 aliphatic rings. The number of aromatic nitrogens is 2. The number of hydrogen-bond acceptors (Lipinski definition) is 4. The molecule has 2 rings (SSSR count). The van der Waals surface area contributed by atoms with Gasteiger partial charge < -0.3 is 10.4 Å². The maximum absolute atomic E-state index is 11.0. The number of aromatic carboxylic acids is 1. The maximum atomic E-state index is 11.0. The van der Waals surface area contributed by atoms with E-state index in [9.17, 15) is 9.59 Å². The SMILES string of the molecule is CNC(=O)c1cccc(Br)n1.O=C(O)c1cccc(Br)n1. The highest BCUT2D eigenvalue weighted by molar-refractivity contribution is 9.10. The van der Waals surface area contributed by atoms with Crippen molar-refractivity contribution < 1.29 is 14.7 Å². The van der Waals surface area contributed by atoms with Crippen molar-refractivity contribution in [2.45, 2.75) is 0 Å². The molecule has 0 radical (unpaired) electrons. The van der Waals surface area contributed by atoms with Gasteiger partial charge in [-0.1, -0.05) is 12.1 Å². The Morgan fingerprint density at radius 3 is 1.86 bits per heavy atom. The summed E-state index contributed by atoms with van der Waals surface area (Å²) in [5.74, 6) is -1.19. The molecule has 0 atom stereocenters. The summed E-state index contributed by atoms with van der Waals surface area (Å²) in [7, 11) is 1.57. The Labute approximate surface area is 137 Å². The number of hydrogen-bond donors (Lipinski definition) is 2. The van der Waals surface area contributed by atoms with Gasteiger partial charge in [0.25, 0.3) is 5.91 Å². The molecule has 0 saturated heterocycles. The number of carbonyl (C=O) groups excluding carboxylic acids is 1. The van der Waals surface area contributed by atoms with Crippen LogP contribution in [0.15, 0.2) is 45.6 Å². The summed E-state index contributed by atoms with van der Waals surface area (Å²) in [4.78, 5) is 28.9. The number of nitrogens with zero attached hydrogens (tertiary/aromatic N) is 2. The van der Waals surface area contributed by atoms with Gasteiger partial charge in [0, 0.05) is 7.05 Å². The third-order valence-corrected chi connectivity index (χ3v) is 2.99. The zero-order chi connectivity index (χ0) is 15.8. The first-order valence-corrected chi connectivity index (χ1v) is 7.23. The van der Waals surface area contributed by atoms with Gasteiger partial charge in [-0.15, -0.1) is 0 Å². The zero-order valence-electron chi connectivity index (χ0n) is 10.9. The van der Waals surface area contributed by atoms with E-state index in [0.717, 1.165) is 0 Å². The number of pyridine rings is 2. The molecule has 1 amide bonds. The predicted molar refractivity (Wildman–Crippen MR) is 84.2 cm³/mol. The van der Waals surface area contributed by atoms with Crippen LogP contribution < -0.4 is 5.32 Å². The van der Waals surface area contributed by atoms with Crippen LogP contribution in [-0.4, -0.2) is 34.0 Å². The summed E-state index contributed by atoms with van der Waals surface area (Å²) >= 11 is 6.22. The Kier molecular flexibility index (Phi) is 6.97. The highest BCUT2D eigenvalue weighted by Gasteiger charge is 2.03. The molecule has 0 aromatic carbocycles. The molecular weight excluding hydrogens is 406 g/mol. The van der Waals surface area contributed by atoms with E-state index in [4.69, 9.17) is 5.11 Å². The van der Waals surface area contributed by atoms with Crippen LogP contribution in [0.25, 0.3) is 0 Å². The van der Waals surface area contributed by atoms with E-state index in [1.165, 1.54) is 6.07 Å². The number of nitrogens with one attached hydrogen (secondary N) is 1. The van der Waals surface area contributed by atoms with Crippen molar-refractivity contribution in [3.63, 3.8) is 0 Å². The van der Waals surface area contributed by atoms with Crippen LogP contribution in [0.3, 0.4) is 0 Å². The summed E-state index contributed by atoms with van der Waals surface area (Å²) in [5.41, 5.74) is 0.469. The average molecular weight is 417 g/mol. The van der Waals surface area contributed by atoms with E-state index in [2.05, 4.69) is 47.1 Å². The molecule has 2 N–H and O–H groups in total. The molecule has 0 saturated carbocycles. The van der Waals surface area contributed by atoms with Crippen LogP contribution >= 0.6 is 31.9 Å². The van der Waals surface area contributed by atoms with Crippen molar-refractivity contribution in [3.8, 4) is 0 Å². The fraction of sp³-hybridized carbons (Fsp3) is 0.0769. The van der Waals surface area contributed by atoms with E-state index in [1.807, 2.05) is 0 Å². The Bertz CT molecular complexity index is 650. The first-order chi connectivity index (χ1) is 9.93. The topological polar surface area (TPSA) is 92.2 Å². The minimum atomic E-state index is -1.01. The molecule has 0 fully saturated rings. The zero-order valence-corrected chi connectivity index (χ0v) is 14.1. The number of carboxylic acid groups (broad SMARTS) is 1. The van der Waals surface area contributed by atoms with Gasteiger partial charge >= 0.3 is 5.97 Å². The number of amides is 1. The third kappa shape index (κ3) is 6.01. The largest absolute Gasteiger partial charge is 0.477 e. The molecule has 2 heterocycles. The molecule has 6 nitrogen and oxygen atoms in total. The van der Waals surface area contributed by atoms with Crippen LogP contribution in [-0.2, 0) is 0 Å². The number of carbonyl (C=O) groups is 2. The Balaban J connectivity index is 0.000000211. The van der Waals surface area contributed by atoms with Crippen molar-refractivity contribution in [2.75, 3.05) is 7.05 Å². The van der Waals surface area contributed by atoms with Crippen LogP contribution in [0.5, 0.6) is 0 Å². The van der Waals surface area contributed by atoms with Crippen molar-refractivity contribution in [2.24, 2.45) is 0 Å². The van der Waals surface area contributed by atoms with Gasteiger partial charge in [0.2, 0.25) is 0 Å². The van der Waals surface area contributed by atoms with Gasteiger partial charge in [-0.05, 0) is 56.1 Å². The highest BCUT2D eigenvalue weighted by atomic mass is 79.9. The molecule has 0 spiro atoms. The minimum Gasteiger partial charge on any atom is -0.477 e. The van der Waals surface area contributed by atoms with Gasteiger partial charge in [0.1, 0.15) is 20.6 Å². The fourth-order valence-electron chi connectivity index (χ4n) is 1.19. The van der Waals surface area contributed by atoms with Gasteiger partial charge in [-0.2, -0.15) is 0 Å². The van der Waals surface area contributed by atoms with Gasteiger partial charge in [0.05, 0.1) is 0 Å². The van der Waals surface area contributed by atoms with Crippen LogP contribution in [0.4, 0.5) is 0 Å². The summed E-state index contributed by atoms with van der Waals surface area (Å²) in [6.07, 6.45) is 0. The molecule has 0 bridgehead atoms. The van der Waals surface area contributed by atoms with Crippen molar-refractivity contribution in [1.29, 1.82) is 0 Å². The predicted octanol–water partition coefficient (Wildman–Crippen LogP) is 2.75. The van der Waals surface area contributed by atoms with E-state index in [1.54, 1.807) is 37.4 Å². The normalized spacial score (nSPS) is 9.29. The van der Waals surface area contributed by atoms with Crippen molar-refractivity contribution >= 4 is 43.7 Å². The second kappa shape index (κ2) is 8.48. The molecule has 0 aliphatic heterocycles. The van der Waals surface area contributed by atoms with E-state index >= 15 is 0 Å². The standard InChI is InChI=1S/C7H7BrN2O.C6H4BrNO2/c1-9-7(11)5-3-2-4-6(8)10-5;7-5-3-1-2-4(8-5)6(9)10/h2-4H,1H3,(H,9,11);1-3H,(H,9,10). The summed E-state index contributed by atoms with van der Waals surface area (Å²) in [5, 5.41) is 10.9. The Morgan fingerprint density at radius 2 is 1.48 bits per heavy atom. The molecule has 0 aliphatic carbocycles. The molecule has 2 aromatic heterocycles. The highest BCUT2D eigenvalue weighted by Crippen LogP contribution is 2.06. The molecule has 110 valence electrons. The lowest BCUT2D eigenvalue weighted by Crippen LogP contribution is -2.18. The third-order valence-electron chi connectivity index (χ3n) is 2.11. The van der Waals surface area contributed by atoms with Gasteiger partial charge in [0.15, 0.2) is 0 Å². The lowest BCUT2D eigenvalue weighted by molar-refractivity contribution is 0.0690. The van der Waals surface area contributed by atoms with E-state index in [-0.39, 0.29) is 11.6 Å². The number of carboxylic acids is 1. The summed E-state index contributed by atoms with van der Waals surface area (Å²) in [6, 6.07) is 9.93. The molecule has 2 aromatic rings. The quantitative estimate of drug-likeness (QED) is 0.734. The smallest absolute Gasteiger partial charge is 0.354 e. The Morgan fingerprint density at radius 1 is 1.00 bits per heavy atom. The van der Waals surface area contributed by atoms with Crippen LogP contribution in [0.1, 0.15) is 21.0 Å². The second-order valence-corrected chi connectivity index (χ2v) is 5.20. The molecule has 21 heavy (non-hydrogen) atoms. The van der Waals surface area contributed by atoms with Crippen molar-refractivity contribution in [1.82, 2.24) is 15.3 Å². The van der Waals surface area contributed by atoms with Crippen LogP contribution in [0.2, 0.25) is 0 Å². The van der Waals surface area contributed by atoms with E-state index < -0.39 is 5.97 Å². The molecule has 0 unspecified atom stereocenters. The maximum Gasteiger partial charge on any atom is 0.354 e.